The molecule has 1 aromatic carbocycles. The van der Waals surface area contributed by atoms with Crippen LogP contribution in [0.2, 0.25) is 0 Å². The number of carbonyl (C=O) groups excluding carboxylic acids is 1. The summed E-state index contributed by atoms with van der Waals surface area (Å²) in [5.41, 5.74) is 1.71. The molecule has 0 N–H and O–H groups in total. The predicted octanol–water partition coefficient (Wildman–Crippen LogP) is 4.68. The lowest BCUT2D eigenvalue weighted by Gasteiger charge is -2.41. The lowest BCUT2D eigenvalue weighted by Crippen LogP contribution is -2.44. The van der Waals surface area contributed by atoms with Crippen LogP contribution in [0.5, 0.6) is 5.75 Å². The molecule has 1 saturated carbocycles. The first-order valence-corrected chi connectivity index (χ1v) is 10.5. The van der Waals surface area contributed by atoms with Crippen molar-refractivity contribution in [3.8, 4) is 5.75 Å². The van der Waals surface area contributed by atoms with Crippen molar-refractivity contribution in [1.82, 2.24) is 9.88 Å². The van der Waals surface area contributed by atoms with Crippen molar-refractivity contribution in [2.45, 2.75) is 45.6 Å². The Morgan fingerprint density at radius 3 is 2.69 bits per heavy atom. The summed E-state index contributed by atoms with van der Waals surface area (Å²) in [5, 5.41) is 3.06. The third kappa shape index (κ3) is 3.93. The van der Waals surface area contributed by atoms with Crippen molar-refractivity contribution in [2.75, 3.05) is 13.1 Å². The molecule has 138 valence electrons. The second-order valence-electron chi connectivity index (χ2n) is 7.52. The van der Waals surface area contributed by atoms with Crippen LogP contribution in [0.15, 0.2) is 29.6 Å². The number of ether oxygens (including phenoxy) is 1. The highest BCUT2D eigenvalue weighted by Gasteiger charge is 2.33. The van der Waals surface area contributed by atoms with Crippen LogP contribution in [0, 0.1) is 18.8 Å². The largest absolute Gasteiger partial charge is 0.487 e. The molecule has 1 aromatic heterocycles. The van der Waals surface area contributed by atoms with E-state index in [4.69, 9.17) is 4.74 Å². The van der Waals surface area contributed by atoms with Crippen LogP contribution >= 0.6 is 11.3 Å². The quantitative estimate of drug-likeness (QED) is 0.784. The number of aryl methyl sites for hydroxylation is 1. The third-order valence-electron chi connectivity index (χ3n) is 5.73. The molecule has 0 bridgehead atoms. The summed E-state index contributed by atoms with van der Waals surface area (Å²) in [6.07, 6.45) is 6.52. The number of hydrogen-bond donors (Lipinski definition) is 0. The van der Waals surface area contributed by atoms with E-state index in [0.717, 1.165) is 41.0 Å². The molecular weight excluding hydrogens is 344 g/mol. The summed E-state index contributed by atoms with van der Waals surface area (Å²) in [6, 6.07) is 7.55. The van der Waals surface area contributed by atoms with Crippen LogP contribution in [-0.2, 0) is 6.61 Å². The van der Waals surface area contributed by atoms with Crippen LogP contribution in [0.4, 0.5) is 0 Å². The number of piperidine rings is 1. The van der Waals surface area contributed by atoms with E-state index in [9.17, 15) is 4.79 Å². The SMILES string of the molecule is Cc1nc(COc2ccc(C(=O)N3CC[C@@H]4CCCC[C@@H]4C3)cc2)cs1. The standard InChI is InChI=1S/C21H26N2O2S/c1-15-22-19(14-26-15)13-25-20-8-6-17(7-9-20)21(24)23-11-10-16-4-2-3-5-18(16)12-23/h6-9,14,16,18H,2-5,10-13H2,1H3/t16-,18+/m0/s1. The molecule has 4 nitrogen and oxygen atoms in total. The topological polar surface area (TPSA) is 42.4 Å². The molecule has 2 atom stereocenters. The van der Waals surface area contributed by atoms with Crippen LogP contribution in [-0.4, -0.2) is 28.9 Å². The molecule has 2 heterocycles. The summed E-state index contributed by atoms with van der Waals surface area (Å²) in [7, 11) is 0. The predicted molar refractivity (Wildman–Crippen MR) is 104 cm³/mol. The zero-order chi connectivity index (χ0) is 17.9. The van der Waals surface area contributed by atoms with Crippen LogP contribution in [0.1, 0.15) is 53.2 Å². The fraction of sp³-hybridized carbons (Fsp3) is 0.524. The Balaban J connectivity index is 1.34. The van der Waals surface area contributed by atoms with Gasteiger partial charge in [-0.05, 0) is 55.9 Å². The molecule has 0 radical (unpaired) electrons. The van der Waals surface area contributed by atoms with Gasteiger partial charge in [0.05, 0.1) is 10.7 Å². The van der Waals surface area contributed by atoms with Gasteiger partial charge in [-0.15, -0.1) is 11.3 Å². The van der Waals surface area contributed by atoms with E-state index in [1.807, 2.05) is 36.6 Å². The molecule has 1 aliphatic carbocycles. The molecule has 1 amide bonds. The molecule has 0 unspecified atom stereocenters. The van der Waals surface area contributed by atoms with Gasteiger partial charge < -0.3 is 9.64 Å². The highest BCUT2D eigenvalue weighted by Crippen LogP contribution is 2.36. The molecular formula is C21H26N2O2S. The van der Waals surface area contributed by atoms with Crippen LogP contribution < -0.4 is 4.74 Å². The lowest BCUT2D eigenvalue weighted by molar-refractivity contribution is 0.0521. The normalized spacial score (nSPS) is 22.7. The van der Waals surface area contributed by atoms with Crippen molar-refractivity contribution in [2.24, 2.45) is 11.8 Å². The first-order valence-electron chi connectivity index (χ1n) is 9.62. The Bertz CT molecular complexity index is 756. The summed E-state index contributed by atoms with van der Waals surface area (Å²) in [4.78, 5) is 19.3. The van der Waals surface area contributed by atoms with Gasteiger partial charge in [-0.2, -0.15) is 0 Å². The summed E-state index contributed by atoms with van der Waals surface area (Å²) in [6.45, 7) is 4.30. The van der Waals surface area contributed by atoms with Gasteiger partial charge in [-0.3, -0.25) is 4.79 Å². The number of thiazole rings is 1. The molecule has 2 fully saturated rings. The lowest BCUT2D eigenvalue weighted by atomic mass is 9.75. The molecule has 1 aliphatic heterocycles. The van der Waals surface area contributed by atoms with Gasteiger partial charge in [0.15, 0.2) is 0 Å². The van der Waals surface area contributed by atoms with Crippen LogP contribution in [0.25, 0.3) is 0 Å². The second-order valence-corrected chi connectivity index (χ2v) is 8.58. The summed E-state index contributed by atoms with van der Waals surface area (Å²) in [5.74, 6) is 2.50. The van der Waals surface area contributed by atoms with E-state index in [1.54, 1.807) is 11.3 Å². The van der Waals surface area contributed by atoms with E-state index < -0.39 is 0 Å². The zero-order valence-corrected chi connectivity index (χ0v) is 16.1. The Labute approximate surface area is 159 Å². The van der Waals surface area contributed by atoms with Gasteiger partial charge in [0.2, 0.25) is 0 Å². The number of rotatable bonds is 4. The van der Waals surface area contributed by atoms with Crippen molar-refractivity contribution < 1.29 is 9.53 Å². The molecule has 2 aromatic rings. The zero-order valence-electron chi connectivity index (χ0n) is 15.3. The Morgan fingerprint density at radius 1 is 1.19 bits per heavy atom. The van der Waals surface area contributed by atoms with Crippen molar-refractivity contribution >= 4 is 17.2 Å². The average Bonchev–Trinajstić information content (AvgIpc) is 3.11. The van der Waals surface area contributed by atoms with Gasteiger partial charge >= 0.3 is 0 Å². The van der Waals surface area contributed by atoms with Gasteiger partial charge in [-0.25, -0.2) is 4.98 Å². The molecule has 1 saturated heterocycles. The first kappa shape index (κ1) is 17.5. The minimum absolute atomic E-state index is 0.163. The molecule has 0 spiro atoms. The van der Waals surface area contributed by atoms with Gasteiger partial charge in [0.1, 0.15) is 12.4 Å². The number of likely N-dealkylation sites (tertiary alicyclic amines) is 1. The number of nitrogens with zero attached hydrogens (tertiary/aromatic N) is 2. The number of fused-ring (bicyclic) bond motifs is 1. The Kier molecular flexibility index (Phi) is 5.25. The number of amides is 1. The third-order valence-corrected chi connectivity index (χ3v) is 6.56. The van der Waals surface area contributed by atoms with E-state index in [0.29, 0.717) is 12.5 Å². The minimum atomic E-state index is 0.163. The fourth-order valence-corrected chi connectivity index (χ4v) is 4.89. The number of benzene rings is 1. The van der Waals surface area contributed by atoms with Gasteiger partial charge in [0, 0.05) is 24.0 Å². The second kappa shape index (κ2) is 7.78. The maximum absolute atomic E-state index is 12.8. The maximum Gasteiger partial charge on any atom is 0.253 e. The average molecular weight is 371 g/mol. The summed E-state index contributed by atoms with van der Waals surface area (Å²) < 4.78 is 5.78. The molecule has 4 rings (SSSR count). The highest BCUT2D eigenvalue weighted by atomic mass is 32.1. The van der Waals surface area contributed by atoms with E-state index in [1.165, 1.54) is 32.1 Å². The van der Waals surface area contributed by atoms with Crippen LogP contribution in [0.3, 0.4) is 0 Å². The summed E-state index contributed by atoms with van der Waals surface area (Å²) >= 11 is 1.63. The molecule has 2 aliphatic rings. The Hall–Kier alpha value is -1.88. The van der Waals surface area contributed by atoms with Crippen molar-refractivity contribution in [3.63, 3.8) is 0 Å². The van der Waals surface area contributed by atoms with E-state index in [-0.39, 0.29) is 5.91 Å². The minimum Gasteiger partial charge on any atom is -0.487 e. The van der Waals surface area contributed by atoms with E-state index in [2.05, 4.69) is 9.88 Å². The monoisotopic (exact) mass is 370 g/mol. The van der Waals surface area contributed by atoms with Gasteiger partial charge in [0.25, 0.3) is 5.91 Å². The van der Waals surface area contributed by atoms with Gasteiger partial charge in [-0.1, -0.05) is 19.3 Å². The van der Waals surface area contributed by atoms with Crippen molar-refractivity contribution in [1.29, 1.82) is 0 Å². The first-order chi connectivity index (χ1) is 12.7. The smallest absolute Gasteiger partial charge is 0.253 e. The van der Waals surface area contributed by atoms with E-state index >= 15 is 0 Å². The maximum atomic E-state index is 12.8. The number of carbonyl (C=O) groups is 1. The molecule has 26 heavy (non-hydrogen) atoms. The Morgan fingerprint density at radius 2 is 1.96 bits per heavy atom. The molecule has 5 heteroatoms. The number of aromatic nitrogens is 1. The fourth-order valence-electron chi connectivity index (χ4n) is 4.29. The highest BCUT2D eigenvalue weighted by molar-refractivity contribution is 7.09. The number of hydrogen-bond acceptors (Lipinski definition) is 4. The van der Waals surface area contributed by atoms with Crippen molar-refractivity contribution in [3.05, 3.63) is 45.9 Å².